The van der Waals surface area contributed by atoms with Gasteiger partial charge in [-0.05, 0) is 30.3 Å². The molecule has 3 aromatic rings. The van der Waals surface area contributed by atoms with Crippen molar-refractivity contribution in [2.45, 2.75) is 0 Å². The zero-order valence-electron chi connectivity index (χ0n) is 11.6. The number of rotatable bonds is 3. The Bertz CT molecular complexity index is 843. The topological polar surface area (TPSA) is 80.9 Å². The lowest BCUT2D eigenvalue weighted by molar-refractivity contribution is 0.0690. The molecule has 0 amide bonds. The van der Waals surface area contributed by atoms with Crippen molar-refractivity contribution in [3.8, 4) is 22.6 Å². The monoisotopic (exact) mass is 298 g/mol. The van der Waals surface area contributed by atoms with Crippen molar-refractivity contribution in [1.29, 1.82) is 0 Å². The van der Waals surface area contributed by atoms with Crippen molar-refractivity contribution in [2.24, 2.45) is 7.05 Å². The van der Waals surface area contributed by atoms with Crippen LogP contribution in [0, 0.1) is 5.82 Å². The van der Waals surface area contributed by atoms with Crippen molar-refractivity contribution < 1.29 is 14.3 Å². The van der Waals surface area contributed by atoms with Crippen LogP contribution in [0.25, 0.3) is 22.6 Å². The number of carboxylic acids is 1. The van der Waals surface area contributed by atoms with Gasteiger partial charge in [0.25, 0.3) is 0 Å². The zero-order valence-corrected chi connectivity index (χ0v) is 11.6. The highest BCUT2D eigenvalue weighted by atomic mass is 19.1. The summed E-state index contributed by atoms with van der Waals surface area (Å²) in [6.07, 6.45) is 3.24. The van der Waals surface area contributed by atoms with Crippen LogP contribution in [0.5, 0.6) is 0 Å². The van der Waals surface area contributed by atoms with E-state index in [0.717, 1.165) is 0 Å². The summed E-state index contributed by atoms with van der Waals surface area (Å²) in [5.41, 5.74) is 1.49. The van der Waals surface area contributed by atoms with Gasteiger partial charge in [0.05, 0.1) is 17.5 Å². The number of aromatic nitrogens is 4. The Hall–Kier alpha value is -3.09. The van der Waals surface area contributed by atoms with Crippen molar-refractivity contribution in [3.05, 3.63) is 54.2 Å². The summed E-state index contributed by atoms with van der Waals surface area (Å²) < 4.78 is 14.6. The number of benzene rings is 1. The van der Waals surface area contributed by atoms with Crippen molar-refractivity contribution in [3.63, 3.8) is 0 Å². The molecule has 0 atom stereocenters. The molecule has 0 spiro atoms. The van der Waals surface area contributed by atoms with Crippen LogP contribution in [0.3, 0.4) is 0 Å². The molecule has 0 saturated heterocycles. The van der Waals surface area contributed by atoms with Gasteiger partial charge in [-0.25, -0.2) is 19.2 Å². The molecule has 0 saturated carbocycles. The molecule has 0 bridgehead atoms. The lowest BCUT2D eigenvalue weighted by Crippen LogP contribution is -2.04. The second-order valence-corrected chi connectivity index (χ2v) is 4.68. The normalized spacial score (nSPS) is 10.6. The van der Waals surface area contributed by atoms with Gasteiger partial charge >= 0.3 is 5.97 Å². The number of carboxylic acid groups (broad SMARTS) is 1. The fraction of sp³-hybridized carbons (Fsp3) is 0.0667. The fourth-order valence-corrected chi connectivity index (χ4v) is 1.99. The van der Waals surface area contributed by atoms with Gasteiger partial charge < -0.3 is 5.11 Å². The standard InChI is InChI=1S/C15H11FN4O2/c1-20-8-10(7-17-20)14-18-12(6-13(19-14)15(21)22)9-2-4-11(16)5-3-9/h2-8H,1H3,(H,21,22). The molecule has 7 heteroatoms. The maximum absolute atomic E-state index is 13.0. The first-order valence-corrected chi connectivity index (χ1v) is 6.40. The second-order valence-electron chi connectivity index (χ2n) is 4.68. The van der Waals surface area contributed by atoms with Crippen molar-refractivity contribution in [2.75, 3.05) is 0 Å². The van der Waals surface area contributed by atoms with E-state index in [-0.39, 0.29) is 17.3 Å². The van der Waals surface area contributed by atoms with Crippen LogP contribution in [-0.4, -0.2) is 30.8 Å². The SMILES string of the molecule is Cn1cc(-c2nc(C(=O)O)cc(-c3ccc(F)cc3)n2)cn1. The number of nitrogens with zero attached hydrogens (tertiary/aromatic N) is 4. The van der Waals surface area contributed by atoms with E-state index in [1.54, 1.807) is 24.1 Å². The molecule has 6 nitrogen and oxygen atoms in total. The molecular formula is C15H11FN4O2. The Morgan fingerprint density at radius 1 is 1.18 bits per heavy atom. The summed E-state index contributed by atoms with van der Waals surface area (Å²) in [6.45, 7) is 0. The zero-order chi connectivity index (χ0) is 15.7. The molecule has 1 aromatic carbocycles. The highest BCUT2D eigenvalue weighted by Gasteiger charge is 2.14. The van der Waals surface area contributed by atoms with Gasteiger partial charge in [0.2, 0.25) is 0 Å². The first kappa shape index (κ1) is 13.9. The van der Waals surface area contributed by atoms with E-state index in [0.29, 0.717) is 16.8 Å². The number of hydrogen-bond acceptors (Lipinski definition) is 4. The van der Waals surface area contributed by atoms with Gasteiger partial charge in [-0.15, -0.1) is 0 Å². The molecule has 0 aliphatic carbocycles. The molecule has 1 N–H and O–H groups in total. The highest BCUT2D eigenvalue weighted by molar-refractivity contribution is 5.87. The molecule has 0 unspecified atom stereocenters. The van der Waals surface area contributed by atoms with Crippen LogP contribution in [0.2, 0.25) is 0 Å². The van der Waals surface area contributed by atoms with Gasteiger partial charge in [-0.2, -0.15) is 5.10 Å². The number of hydrogen-bond donors (Lipinski definition) is 1. The Kier molecular flexibility index (Phi) is 3.38. The third-order valence-electron chi connectivity index (χ3n) is 3.05. The van der Waals surface area contributed by atoms with Crippen LogP contribution in [0.4, 0.5) is 4.39 Å². The maximum Gasteiger partial charge on any atom is 0.354 e. The van der Waals surface area contributed by atoms with Crippen LogP contribution in [0.15, 0.2) is 42.7 Å². The minimum atomic E-state index is -1.16. The third kappa shape index (κ3) is 2.69. The van der Waals surface area contributed by atoms with Gasteiger partial charge in [0.1, 0.15) is 5.82 Å². The smallest absolute Gasteiger partial charge is 0.354 e. The van der Waals surface area contributed by atoms with E-state index >= 15 is 0 Å². The Morgan fingerprint density at radius 2 is 1.91 bits per heavy atom. The highest BCUT2D eigenvalue weighted by Crippen LogP contribution is 2.22. The van der Waals surface area contributed by atoms with Gasteiger partial charge in [0, 0.05) is 18.8 Å². The van der Waals surface area contributed by atoms with Crippen LogP contribution in [0.1, 0.15) is 10.5 Å². The number of aromatic carboxylic acids is 1. The van der Waals surface area contributed by atoms with Gasteiger partial charge in [0.15, 0.2) is 11.5 Å². The number of aryl methyl sites for hydroxylation is 1. The summed E-state index contributed by atoms with van der Waals surface area (Å²) >= 11 is 0. The predicted octanol–water partition coefficient (Wildman–Crippen LogP) is 2.38. The molecule has 0 fully saturated rings. The molecule has 2 aromatic heterocycles. The molecular weight excluding hydrogens is 287 g/mol. The van der Waals surface area contributed by atoms with Crippen LogP contribution in [-0.2, 0) is 7.05 Å². The van der Waals surface area contributed by atoms with Crippen LogP contribution < -0.4 is 0 Å². The quantitative estimate of drug-likeness (QED) is 0.803. The van der Waals surface area contributed by atoms with E-state index in [9.17, 15) is 14.3 Å². The minimum Gasteiger partial charge on any atom is -0.477 e. The Morgan fingerprint density at radius 3 is 2.50 bits per heavy atom. The molecule has 0 aliphatic rings. The second kappa shape index (κ2) is 5.36. The van der Waals surface area contributed by atoms with E-state index < -0.39 is 5.97 Å². The lowest BCUT2D eigenvalue weighted by atomic mass is 10.1. The lowest BCUT2D eigenvalue weighted by Gasteiger charge is -2.05. The molecule has 3 rings (SSSR count). The molecule has 22 heavy (non-hydrogen) atoms. The average Bonchev–Trinajstić information content (AvgIpc) is 2.94. The first-order valence-electron chi connectivity index (χ1n) is 6.40. The van der Waals surface area contributed by atoms with E-state index in [1.807, 2.05) is 0 Å². The van der Waals surface area contributed by atoms with E-state index in [4.69, 9.17) is 0 Å². The largest absolute Gasteiger partial charge is 0.477 e. The predicted molar refractivity (Wildman–Crippen MR) is 76.6 cm³/mol. The van der Waals surface area contributed by atoms with Crippen molar-refractivity contribution in [1.82, 2.24) is 19.7 Å². The summed E-state index contributed by atoms with van der Waals surface area (Å²) in [7, 11) is 1.74. The van der Waals surface area contributed by atoms with Crippen LogP contribution >= 0.6 is 0 Å². The third-order valence-corrected chi connectivity index (χ3v) is 3.05. The molecule has 0 aliphatic heterocycles. The molecule has 0 radical (unpaired) electrons. The summed E-state index contributed by atoms with van der Waals surface area (Å²) in [5, 5.41) is 13.2. The van der Waals surface area contributed by atoms with E-state index in [1.165, 1.54) is 30.3 Å². The van der Waals surface area contributed by atoms with E-state index in [2.05, 4.69) is 15.1 Å². The Labute approximate surface area is 124 Å². The fourth-order valence-electron chi connectivity index (χ4n) is 1.99. The van der Waals surface area contributed by atoms with Gasteiger partial charge in [-0.3, -0.25) is 4.68 Å². The summed E-state index contributed by atoms with van der Waals surface area (Å²) in [4.78, 5) is 19.6. The Balaban J connectivity index is 2.15. The number of halogens is 1. The summed E-state index contributed by atoms with van der Waals surface area (Å²) in [6, 6.07) is 7.02. The molecule has 2 heterocycles. The maximum atomic E-state index is 13.0. The molecule has 110 valence electrons. The minimum absolute atomic E-state index is 0.131. The average molecular weight is 298 g/mol. The summed E-state index contributed by atoms with van der Waals surface area (Å²) in [5.74, 6) is -1.27. The number of carbonyl (C=O) groups is 1. The van der Waals surface area contributed by atoms with Crippen molar-refractivity contribution >= 4 is 5.97 Å². The van der Waals surface area contributed by atoms with Gasteiger partial charge in [-0.1, -0.05) is 0 Å². The first-order chi connectivity index (χ1) is 10.5.